The molecule has 6 nitrogen and oxygen atoms in total. The molecule has 2 heterocycles. The van der Waals surface area contributed by atoms with Gasteiger partial charge in [0, 0.05) is 43.7 Å². The summed E-state index contributed by atoms with van der Waals surface area (Å²) in [6.07, 6.45) is 2.12. The van der Waals surface area contributed by atoms with E-state index in [4.69, 9.17) is 16.3 Å². The number of carbonyl (C=O) groups excluding carboxylic acids is 2. The second kappa shape index (κ2) is 7.22. The molecule has 1 aromatic rings. The number of hydrogen-bond donors (Lipinski definition) is 1. The molecule has 0 aromatic heterocycles. The zero-order valence-corrected chi connectivity index (χ0v) is 15.4. The Balaban J connectivity index is 1.79. The predicted molar refractivity (Wildman–Crippen MR) is 96.1 cm³/mol. The molecular weight excluding hydrogens is 342 g/mol. The smallest absolute Gasteiger partial charge is 0.254 e. The minimum absolute atomic E-state index is 0.0273. The summed E-state index contributed by atoms with van der Waals surface area (Å²) in [5.41, 5.74) is 0.414. The molecule has 1 spiro atoms. The lowest BCUT2D eigenvalue weighted by Crippen LogP contribution is -2.62. The second-order valence-corrected chi connectivity index (χ2v) is 7.23. The quantitative estimate of drug-likeness (QED) is 0.867. The molecule has 2 aliphatic rings. The Morgan fingerprint density at radius 1 is 1.32 bits per heavy atom. The van der Waals surface area contributed by atoms with Crippen LogP contribution in [0.25, 0.3) is 0 Å². The molecule has 1 atom stereocenters. The Bertz CT molecular complexity index is 682. The molecule has 2 amide bonds. The van der Waals surface area contributed by atoms with Crippen LogP contribution in [0.15, 0.2) is 18.2 Å². The van der Waals surface area contributed by atoms with E-state index in [1.54, 1.807) is 25.3 Å². The first-order chi connectivity index (χ1) is 11.9. The van der Waals surface area contributed by atoms with Crippen LogP contribution in [0.2, 0.25) is 5.02 Å². The maximum absolute atomic E-state index is 13.0. The molecule has 2 saturated heterocycles. The van der Waals surface area contributed by atoms with Crippen LogP contribution >= 0.6 is 11.6 Å². The molecule has 2 fully saturated rings. The molecule has 1 N–H and O–H groups in total. The average molecular weight is 366 g/mol. The summed E-state index contributed by atoms with van der Waals surface area (Å²) in [6, 6.07) is 5.12. The normalized spacial score (nSPS) is 24.8. The van der Waals surface area contributed by atoms with Crippen molar-refractivity contribution in [1.29, 1.82) is 0 Å². The molecule has 136 valence electrons. The third-order valence-corrected chi connectivity index (χ3v) is 5.71. The lowest BCUT2D eigenvalue weighted by Gasteiger charge is -2.49. The molecule has 0 aliphatic carbocycles. The summed E-state index contributed by atoms with van der Waals surface area (Å²) in [5, 5.41) is 3.36. The highest BCUT2D eigenvalue weighted by Gasteiger charge is 2.42. The first-order valence-electron chi connectivity index (χ1n) is 8.56. The number of piperazine rings is 1. The largest absolute Gasteiger partial charge is 0.495 e. The van der Waals surface area contributed by atoms with Gasteiger partial charge in [-0.3, -0.25) is 14.5 Å². The van der Waals surface area contributed by atoms with E-state index < -0.39 is 0 Å². The van der Waals surface area contributed by atoms with Crippen molar-refractivity contribution in [1.82, 2.24) is 15.1 Å². The number of likely N-dealkylation sites (N-methyl/N-ethyl adjacent to an activating group) is 1. The monoisotopic (exact) mass is 365 g/mol. The van der Waals surface area contributed by atoms with Crippen molar-refractivity contribution in [3.63, 3.8) is 0 Å². The third kappa shape index (κ3) is 3.60. The van der Waals surface area contributed by atoms with Gasteiger partial charge in [-0.25, -0.2) is 0 Å². The predicted octanol–water partition coefficient (Wildman–Crippen LogP) is 1.78. The first kappa shape index (κ1) is 18.0. The number of nitrogens with one attached hydrogen (secondary N) is 1. The number of amides is 2. The van der Waals surface area contributed by atoms with Crippen molar-refractivity contribution >= 4 is 23.4 Å². The fraction of sp³-hybridized carbons (Fsp3) is 0.556. The molecule has 0 unspecified atom stereocenters. The molecule has 0 radical (unpaired) electrons. The van der Waals surface area contributed by atoms with E-state index in [9.17, 15) is 9.59 Å². The second-order valence-electron chi connectivity index (χ2n) is 6.82. The van der Waals surface area contributed by atoms with E-state index in [2.05, 4.69) is 17.3 Å². The first-order valence-corrected chi connectivity index (χ1v) is 8.94. The topological polar surface area (TPSA) is 61.9 Å². The van der Waals surface area contributed by atoms with Crippen molar-refractivity contribution in [3.05, 3.63) is 28.8 Å². The van der Waals surface area contributed by atoms with Crippen LogP contribution in [-0.2, 0) is 4.79 Å². The Morgan fingerprint density at radius 2 is 2.12 bits per heavy atom. The number of ether oxygens (including phenoxy) is 1. The maximum Gasteiger partial charge on any atom is 0.254 e. The Morgan fingerprint density at radius 3 is 2.84 bits per heavy atom. The lowest BCUT2D eigenvalue weighted by molar-refractivity contribution is -0.121. The number of carbonyl (C=O) groups is 2. The maximum atomic E-state index is 13.0. The number of nitrogens with zero attached hydrogens (tertiary/aromatic N) is 2. The Kier molecular flexibility index (Phi) is 5.20. The average Bonchev–Trinajstić information content (AvgIpc) is 2.79. The van der Waals surface area contributed by atoms with Gasteiger partial charge in [0.05, 0.1) is 12.1 Å². The number of benzene rings is 1. The highest BCUT2D eigenvalue weighted by atomic mass is 35.5. The number of methoxy groups -OCH3 is 1. The standard InChI is InChI=1S/C18H24ClN3O3/c1-21-9-10-22(12-18(21)6-5-16(23)20-8-7-18)17(24)13-3-4-15(25-2)14(19)11-13/h3-4,11H,5-10,12H2,1-2H3,(H,20,23)/t18-/m0/s1. The van der Waals surface area contributed by atoms with E-state index in [-0.39, 0.29) is 17.4 Å². The fourth-order valence-electron chi connectivity index (χ4n) is 3.75. The summed E-state index contributed by atoms with van der Waals surface area (Å²) in [5.74, 6) is 0.623. The van der Waals surface area contributed by atoms with E-state index in [1.165, 1.54) is 0 Å². The minimum Gasteiger partial charge on any atom is -0.495 e. The van der Waals surface area contributed by atoms with Crippen LogP contribution in [-0.4, -0.2) is 67.5 Å². The van der Waals surface area contributed by atoms with Gasteiger partial charge in [0.2, 0.25) is 5.91 Å². The molecule has 2 aliphatic heterocycles. The fourth-order valence-corrected chi connectivity index (χ4v) is 4.01. The van der Waals surface area contributed by atoms with E-state index in [0.29, 0.717) is 42.4 Å². The van der Waals surface area contributed by atoms with Gasteiger partial charge in [0.15, 0.2) is 0 Å². The summed E-state index contributed by atoms with van der Waals surface area (Å²) in [7, 11) is 3.64. The number of hydrogen-bond acceptors (Lipinski definition) is 4. The highest BCUT2D eigenvalue weighted by Crippen LogP contribution is 2.32. The van der Waals surface area contributed by atoms with Gasteiger partial charge in [0.1, 0.15) is 5.75 Å². The van der Waals surface area contributed by atoms with E-state index in [0.717, 1.165) is 19.4 Å². The molecule has 1 aromatic carbocycles. The summed E-state index contributed by atoms with van der Waals surface area (Å²) >= 11 is 6.17. The van der Waals surface area contributed by atoms with Gasteiger partial charge >= 0.3 is 0 Å². The number of rotatable bonds is 2. The van der Waals surface area contributed by atoms with E-state index >= 15 is 0 Å². The van der Waals surface area contributed by atoms with Gasteiger partial charge in [-0.1, -0.05) is 11.6 Å². The highest BCUT2D eigenvalue weighted by molar-refractivity contribution is 6.32. The summed E-state index contributed by atoms with van der Waals surface area (Å²) in [6.45, 7) is 2.74. The molecular formula is C18H24ClN3O3. The zero-order chi connectivity index (χ0) is 18.0. The van der Waals surface area contributed by atoms with Gasteiger partial charge in [-0.2, -0.15) is 0 Å². The SMILES string of the molecule is COc1ccc(C(=O)N2CCN(C)[C@@]3(CCNC(=O)CC3)C2)cc1Cl. The molecule has 0 bridgehead atoms. The minimum atomic E-state index is -0.149. The van der Waals surface area contributed by atoms with E-state index in [1.807, 2.05) is 4.90 Å². The lowest BCUT2D eigenvalue weighted by atomic mass is 9.86. The van der Waals surface area contributed by atoms with Crippen LogP contribution in [0.4, 0.5) is 0 Å². The van der Waals surface area contributed by atoms with Crippen LogP contribution in [0.3, 0.4) is 0 Å². The van der Waals surface area contributed by atoms with Crippen molar-refractivity contribution in [2.45, 2.75) is 24.8 Å². The molecule has 25 heavy (non-hydrogen) atoms. The van der Waals surface area contributed by atoms with Crippen molar-refractivity contribution < 1.29 is 14.3 Å². The zero-order valence-electron chi connectivity index (χ0n) is 14.7. The number of halogens is 1. The molecule has 7 heteroatoms. The summed E-state index contributed by atoms with van der Waals surface area (Å²) in [4.78, 5) is 28.9. The van der Waals surface area contributed by atoms with Gasteiger partial charge in [0.25, 0.3) is 5.91 Å². The van der Waals surface area contributed by atoms with Crippen molar-refractivity contribution in [3.8, 4) is 5.75 Å². The Labute approximate surface area is 153 Å². The van der Waals surface area contributed by atoms with Crippen LogP contribution < -0.4 is 10.1 Å². The van der Waals surface area contributed by atoms with Gasteiger partial charge in [-0.05, 0) is 38.1 Å². The van der Waals surface area contributed by atoms with Crippen LogP contribution in [0, 0.1) is 0 Å². The Hall–Kier alpha value is -1.79. The van der Waals surface area contributed by atoms with Crippen molar-refractivity contribution in [2.75, 3.05) is 40.3 Å². The van der Waals surface area contributed by atoms with Gasteiger partial charge < -0.3 is 15.0 Å². The van der Waals surface area contributed by atoms with Crippen LogP contribution in [0.1, 0.15) is 29.6 Å². The van der Waals surface area contributed by atoms with Crippen LogP contribution in [0.5, 0.6) is 5.75 Å². The molecule has 3 rings (SSSR count). The molecule has 0 saturated carbocycles. The van der Waals surface area contributed by atoms with Gasteiger partial charge in [-0.15, -0.1) is 0 Å². The third-order valence-electron chi connectivity index (χ3n) is 5.42. The summed E-state index contributed by atoms with van der Waals surface area (Å²) < 4.78 is 5.15. The van der Waals surface area contributed by atoms with Crippen molar-refractivity contribution in [2.24, 2.45) is 0 Å².